The third-order valence-corrected chi connectivity index (χ3v) is 6.34. The molecule has 8 nitrogen and oxygen atoms in total. The van der Waals surface area contributed by atoms with Gasteiger partial charge in [-0.3, -0.25) is 9.36 Å². The standard InChI is InChI=1S/C25H29F4N5O3/c1-3-4-5-11-30-22-16-14-19(25(27,28)29)34(21-17(26)7-6-8-18(21)35)23(36)20(16)31-24(32-22)37-15-9-12-33(2)13-10-15/h6-8,14-15,35H,3-5,9-13H2,1-2H3,(H,30,31,32). The fourth-order valence-corrected chi connectivity index (χ4v) is 4.34. The van der Waals surface area contributed by atoms with Crippen molar-refractivity contribution in [2.24, 2.45) is 0 Å². The van der Waals surface area contributed by atoms with E-state index in [1.165, 1.54) is 0 Å². The second-order valence-electron chi connectivity index (χ2n) is 9.15. The second kappa shape index (κ2) is 10.9. The van der Waals surface area contributed by atoms with Gasteiger partial charge in [-0.25, -0.2) is 4.39 Å². The van der Waals surface area contributed by atoms with E-state index in [1.807, 2.05) is 14.0 Å². The summed E-state index contributed by atoms with van der Waals surface area (Å²) in [7, 11) is 1.99. The predicted molar refractivity (Wildman–Crippen MR) is 131 cm³/mol. The Morgan fingerprint density at radius 1 is 1.19 bits per heavy atom. The molecule has 1 aliphatic heterocycles. The number of aromatic nitrogens is 3. The lowest BCUT2D eigenvalue weighted by Crippen LogP contribution is -2.36. The summed E-state index contributed by atoms with van der Waals surface area (Å²) in [5.74, 6) is -1.99. The average molecular weight is 524 g/mol. The van der Waals surface area contributed by atoms with Crippen molar-refractivity contribution in [3.05, 3.63) is 46.1 Å². The number of anilines is 1. The minimum atomic E-state index is -5.05. The molecule has 0 bridgehead atoms. The zero-order valence-electron chi connectivity index (χ0n) is 20.6. The monoisotopic (exact) mass is 523 g/mol. The molecule has 200 valence electrons. The zero-order valence-corrected chi connectivity index (χ0v) is 20.6. The SMILES string of the molecule is CCCCCNc1nc(OC2CCN(C)CC2)nc2c(=O)n(-c3c(O)cccc3F)c(C(F)(F)F)cc12. The van der Waals surface area contributed by atoms with Crippen molar-refractivity contribution in [3.8, 4) is 17.4 Å². The van der Waals surface area contributed by atoms with Gasteiger partial charge in [-0.05, 0) is 44.5 Å². The van der Waals surface area contributed by atoms with Crippen molar-refractivity contribution in [1.29, 1.82) is 0 Å². The quantitative estimate of drug-likeness (QED) is 0.326. The largest absolute Gasteiger partial charge is 0.506 e. The van der Waals surface area contributed by atoms with Crippen LogP contribution in [0.2, 0.25) is 0 Å². The summed E-state index contributed by atoms with van der Waals surface area (Å²) in [6.07, 6.45) is -1.33. The van der Waals surface area contributed by atoms with Crippen LogP contribution in [0.3, 0.4) is 0 Å². The third kappa shape index (κ3) is 5.79. The number of phenols is 1. The molecule has 0 radical (unpaired) electrons. The lowest BCUT2D eigenvalue weighted by molar-refractivity contribution is -0.142. The van der Waals surface area contributed by atoms with E-state index in [4.69, 9.17) is 4.74 Å². The highest BCUT2D eigenvalue weighted by Crippen LogP contribution is 2.36. The van der Waals surface area contributed by atoms with Crippen LogP contribution in [0.25, 0.3) is 16.6 Å². The molecule has 0 saturated carbocycles. The number of pyridine rings is 1. The smallest absolute Gasteiger partial charge is 0.431 e. The number of para-hydroxylation sites is 1. The molecular weight excluding hydrogens is 494 g/mol. The number of phenolic OH excluding ortho intramolecular Hbond substituents is 1. The van der Waals surface area contributed by atoms with Gasteiger partial charge in [0.05, 0.1) is 5.39 Å². The maximum absolute atomic E-state index is 14.7. The van der Waals surface area contributed by atoms with Crippen molar-refractivity contribution in [2.75, 3.05) is 32.0 Å². The topological polar surface area (TPSA) is 92.5 Å². The van der Waals surface area contributed by atoms with Crippen LogP contribution in [0.5, 0.6) is 11.8 Å². The molecule has 1 fully saturated rings. The third-order valence-electron chi connectivity index (χ3n) is 6.34. The van der Waals surface area contributed by atoms with E-state index in [0.29, 0.717) is 25.5 Å². The number of alkyl halides is 3. The Bertz CT molecular complexity index is 1300. The lowest BCUT2D eigenvalue weighted by atomic mass is 10.1. The number of aromatic hydroxyl groups is 1. The van der Waals surface area contributed by atoms with Crippen LogP contribution in [0.15, 0.2) is 29.1 Å². The summed E-state index contributed by atoms with van der Waals surface area (Å²) >= 11 is 0. The number of nitrogens with zero attached hydrogens (tertiary/aromatic N) is 4. The first-order valence-corrected chi connectivity index (χ1v) is 12.2. The fourth-order valence-electron chi connectivity index (χ4n) is 4.34. The van der Waals surface area contributed by atoms with Gasteiger partial charge in [-0.15, -0.1) is 0 Å². The Hall–Kier alpha value is -3.41. The van der Waals surface area contributed by atoms with Crippen LogP contribution in [0.1, 0.15) is 44.7 Å². The maximum Gasteiger partial charge on any atom is 0.431 e. The first kappa shape index (κ1) is 26.6. The van der Waals surface area contributed by atoms with Crippen molar-refractivity contribution >= 4 is 16.7 Å². The second-order valence-corrected chi connectivity index (χ2v) is 9.15. The van der Waals surface area contributed by atoms with E-state index < -0.39 is 34.7 Å². The van der Waals surface area contributed by atoms with Crippen molar-refractivity contribution < 1.29 is 27.4 Å². The van der Waals surface area contributed by atoms with Gasteiger partial charge in [0.1, 0.15) is 34.6 Å². The number of hydrogen-bond acceptors (Lipinski definition) is 7. The van der Waals surface area contributed by atoms with E-state index in [2.05, 4.69) is 20.2 Å². The summed E-state index contributed by atoms with van der Waals surface area (Å²) in [4.78, 5) is 24.1. The highest BCUT2D eigenvalue weighted by atomic mass is 19.4. The maximum atomic E-state index is 14.7. The Morgan fingerprint density at radius 3 is 2.57 bits per heavy atom. The van der Waals surface area contributed by atoms with Crippen LogP contribution in [0.4, 0.5) is 23.4 Å². The molecule has 1 aromatic carbocycles. The van der Waals surface area contributed by atoms with Gasteiger partial charge in [0.15, 0.2) is 5.82 Å². The number of halogens is 4. The zero-order chi connectivity index (χ0) is 26.7. The first-order chi connectivity index (χ1) is 17.6. The molecule has 3 aromatic rings. The lowest BCUT2D eigenvalue weighted by Gasteiger charge is -2.28. The van der Waals surface area contributed by atoms with E-state index in [9.17, 15) is 27.5 Å². The number of benzene rings is 1. The molecule has 2 N–H and O–H groups in total. The number of piperidine rings is 1. The number of likely N-dealkylation sites (tertiary alicyclic amines) is 1. The molecule has 1 aliphatic rings. The first-order valence-electron chi connectivity index (χ1n) is 12.2. The van der Waals surface area contributed by atoms with Gasteiger partial charge in [0.2, 0.25) is 0 Å². The Kier molecular flexibility index (Phi) is 7.86. The Morgan fingerprint density at radius 2 is 1.92 bits per heavy atom. The molecule has 2 aromatic heterocycles. The van der Waals surface area contributed by atoms with E-state index in [0.717, 1.165) is 50.6 Å². The molecule has 0 unspecified atom stereocenters. The molecule has 0 aliphatic carbocycles. The predicted octanol–water partition coefficient (Wildman–Crippen LogP) is 4.72. The molecule has 37 heavy (non-hydrogen) atoms. The summed E-state index contributed by atoms with van der Waals surface area (Å²) in [5.41, 5.74) is -4.01. The van der Waals surface area contributed by atoms with Crippen LogP contribution in [-0.2, 0) is 6.18 Å². The summed E-state index contributed by atoms with van der Waals surface area (Å²) in [5, 5.41) is 13.1. The van der Waals surface area contributed by atoms with Crippen LogP contribution in [-0.4, -0.2) is 57.3 Å². The van der Waals surface area contributed by atoms with Gasteiger partial charge in [0.25, 0.3) is 5.56 Å². The van der Waals surface area contributed by atoms with Crippen molar-refractivity contribution in [2.45, 2.75) is 51.3 Å². The molecule has 0 spiro atoms. The molecule has 0 atom stereocenters. The molecule has 4 rings (SSSR count). The molecule has 1 saturated heterocycles. The van der Waals surface area contributed by atoms with E-state index in [1.54, 1.807) is 0 Å². The van der Waals surface area contributed by atoms with Gasteiger partial charge in [0, 0.05) is 19.6 Å². The van der Waals surface area contributed by atoms with Crippen LogP contribution < -0.4 is 15.6 Å². The number of nitrogens with one attached hydrogen (secondary N) is 1. The number of hydrogen-bond donors (Lipinski definition) is 2. The number of ether oxygens (including phenoxy) is 1. The summed E-state index contributed by atoms with van der Waals surface area (Å²) < 4.78 is 63.2. The van der Waals surface area contributed by atoms with E-state index in [-0.39, 0.29) is 33.4 Å². The fraction of sp³-hybridized carbons (Fsp3) is 0.480. The van der Waals surface area contributed by atoms with Crippen molar-refractivity contribution in [3.63, 3.8) is 0 Å². The molecule has 3 heterocycles. The molecular formula is C25H29F4N5O3. The summed E-state index contributed by atoms with van der Waals surface area (Å²) in [6.45, 7) is 4.00. The highest BCUT2D eigenvalue weighted by molar-refractivity contribution is 5.89. The minimum absolute atomic E-state index is 0.0246. The van der Waals surface area contributed by atoms with Gasteiger partial charge in [-0.2, -0.15) is 23.1 Å². The van der Waals surface area contributed by atoms with Gasteiger partial charge < -0.3 is 20.1 Å². The number of unbranched alkanes of at least 4 members (excludes halogenated alkanes) is 2. The average Bonchev–Trinajstić information content (AvgIpc) is 2.84. The van der Waals surface area contributed by atoms with Crippen molar-refractivity contribution in [1.82, 2.24) is 19.4 Å². The molecule has 0 amide bonds. The summed E-state index contributed by atoms with van der Waals surface area (Å²) in [6, 6.07) is 3.54. The normalized spacial score (nSPS) is 15.3. The Labute approximate surface area is 210 Å². The minimum Gasteiger partial charge on any atom is -0.506 e. The Balaban J connectivity index is 1.91. The van der Waals surface area contributed by atoms with Crippen LogP contribution >= 0.6 is 0 Å². The van der Waals surface area contributed by atoms with E-state index >= 15 is 0 Å². The number of rotatable bonds is 8. The highest BCUT2D eigenvalue weighted by Gasteiger charge is 2.38. The van der Waals surface area contributed by atoms with Gasteiger partial charge >= 0.3 is 12.2 Å². The number of fused-ring (bicyclic) bond motifs is 1. The molecule has 12 heteroatoms. The van der Waals surface area contributed by atoms with Crippen LogP contribution in [0, 0.1) is 5.82 Å². The van der Waals surface area contributed by atoms with Gasteiger partial charge in [-0.1, -0.05) is 25.8 Å².